The highest BCUT2D eigenvalue weighted by Crippen LogP contribution is 2.30. The van der Waals surface area contributed by atoms with E-state index >= 15 is 0 Å². The van der Waals surface area contributed by atoms with E-state index in [0.717, 1.165) is 21.9 Å². The van der Waals surface area contributed by atoms with Crippen molar-refractivity contribution in [1.29, 1.82) is 0 Å². The molecule has 0 aliphatic rings. The van der Waals surface area contributed by atoms with Crippen LogP contribution in [0.5, 0.6) is 0 Å². The van der Waals surface area contributed by atoms with Crippen molar-refractivity contribution in [2.75, 3.05) is 23.9 Å². The molecule has 10 heteroatoms. The zero-order valence-corrected chi connectivity index (χ0v) is 25.3. The molecular formula is C30H35Cl2N3O4S. The van der Waals surface area contributed by atoms with Gasteiger partial charge in [-0.15, -0.1) is 0 Å². The number of carbonyl (C=O) groups excluding carboxylic acids is 2. The Morgan fingerprint density at radius 3 is 2.12 bits per heavy atom. The van der Waals surface area contributed by atoms with Crippen LogP contribution in [0.25, 0.3) is 0 Å². The third-order valence-corrected chi connectivity index (χ3v) is 8.67. The molecular weight excluding hydrogens is 569 g/mol. The maximum absolute atomic E-state index is 14.0. The Balaban J connectivity index is 2.03. The van der Waals surface area contributed by atoms with Crippen LogP contribution in [-0.2, 0) is 26.0 Å². The first kappa shape index (κ1) is 31.5. The van der Waals surface area contributed by atoms with Crippen LogP contribution in [0.1, 0.15) is 37.8 Å². The van der Waals surface area contributed by atoms with Crippen LogP contribution in [0.2, 0.25) is 10.0 Å². The average Bonchev–Trinajstić information content (AvgIpc) is 2.92. The minimum absolute atomic E-state index is 0.0190. The first-order valence-electron chi connectivity index (χ1n) is 13.2. The van der Waals surface area contributed by atoms with E-state index in [1.54, 1.807) is 12.1 Å². The maximum atomic E-state index is 14.0. The Kier molecular flexibility index (Phi) is 11.4. The Bertz CT molecular complexity index is 1380. The van der Waals surface area contributed by atoms with Crippen molar-refractivity contribution in [3.05, 3.63) is 94.0 Å². The molecule has 0 aromatic heterocycles. The number of anilines is 1. The number of sulfonamides is 1. The zero-order chi connectivity index (χ0) is 29.3. The van der Waals surface area contributed by atoms with Crippen molar-refractivity contribution in [1.82, 2.24) is 10.2 Å². The number of halogens is 2. The van der Waals surface area contributed by atoms with E-state index < -0.39 is 28.5 Å². The first-order valence-corrected chi connectivity index (χ1v) is 15.4. The lowest BCUT2D eigenvalue weighted by Gasteiger charge is -2.33. The van der Waals surface area contributed by atoms with Crippen molar-refractivity contribution in [3.8, 4) is 0 Å². The van der Waals surface area contributed by atoms with E-state index in [-0.39, 0.29) is 33.1 Å². The molecule has 0 unspecified atom stereocenters. The molecule has 0 fully saturated rings. The van der Waals surface area contributed by atoms with Gasteiger partial charge in [0.25, 0.3) is 10.0 Å². The number of nitrogens with zero attached hydrogens (tertiary/aromatic N) is 2. The number of carbonyl (C=O) groups is 2. The molecule has 3 aromatic carbocycles. The molecule has 214 valence electrons. The topological polar surface area (TPSA) is 86.8 Å². The summed E-state index contributed by atoms with van der Waals surface area (Å²) < 4.78 is 28.8. The van der Waals surface area contributed by atoms with Gasteiger partial charge in [0, 0.05) is 23.1 Å². The first-order chi connectivity index (χ1) is 19.1. The molecule has 0 saturated heterocycles. The monoisotopic (exact) mass is 603 g/mol. The molecule has 2 amide bonds. The Morgan fingerprint density at radius 1 is 0.925 bits per heavy atom. The summed E-state index contributed by atoms with van der Waals surface area (Å²) in [6.45, 7) is 5.80. The number of aryl methyl sites for hydroxylation is 1. The van der Waals surface area contributed by atoms with Crippen molar-refractivity contribution in [2.45, 2.75) is 51.0 Å². The normalized spacial score (nSPS) is 12.0. The number of hydrogen-bond donors (Lipinski definition) is 1. The van der Waals surface area contributed by atoms with Gasteiger partial charge in [-0.25, -0.2) is 8.42 Å². The summed E-state index contributed by atoms with van der Waals surface area (Å²) in [7, 11) is -4.20. The van der Waals surface area contributed by atoms with E-state index in [1.807, 2.05) is 51.1 Å². The van der Waals surface area contributed by atoms with Crippen LogP contribution in [0.15, 0.2) is 77.7 Å². The number of benzene rings is 3. The second-order valence-corrected chi connectivity index (χ2v) is 12.2. The highest BCUT2D eigenvalue weighted by atomic mass is 35.5. The predicted molar refractivity (Wildman–Crippen MR) is 161 cm³/mol. The second kappa shape index (κ2) is 14.5. The number of rotatable bonds is 13. The fourth-order valence-corrected chi connectivity index (χ4v) is 6.22. The van der Waals surface area contributed by atoms with Gasteiger partial charge in [-0.2, -0.15) is 0 Å². The molecule has 0 heterocycles. The summed E-state index contributed by atoms with van der Waals surface area (Å²) in [4.78, 5) is 28.6. The summed E-state index contributed by atoms with van der Waals surface area (Å²) in [6.07, 6.45) is 1.61. The second-order valence-electron chi connectivity index (χ2n) is 9.49. The van der Waals surface area contributed by atoms with Crippen molar-refractivity contribution < 1.29 is 18.0 Å². The predicted octanol–water partition coefficient (Wildman–Crippen LogP) is 5.87. The van der Waals surface area contributed by atoms with Gasteiger partial charge in [-0.3, -0.25) is 13.9 Å². The fraction of sp³-hybridized carbons (Fsp3) is 0.333. The van der Waals surface area contributed by atoms with Gasteiger partial charge in [0.05, 0.1) is 10.6 Å². The summed E-state index contributed by atoms with van der Waals surface area (Å²) in [6, 6.07) is 19.6. The van der Waals surface area contributed by atoms with Gasteiger partial charge in [0.15, 0.2) is 0 Å². The highest BCUT2D eigenvalue weighted by Gasteiger charge is 2.33. The number of nitrogens with one attached hydrogen (secondary N) is 1. The average molecular weight is 605 g/mol. The molecule has 0 saturated carbocycles. The van der Waals surface area contributed by atoms with E-state index in [9.17, 15) is 18.0 Å². The molecule has 0 aliphatic heterocycles. The molecule has 40 heavy (non-hydrogen) atoms. The molecule has 3 aromatic rings. The van der Waals surface area contributed by atoms with Gasteiger partial charge < -0.3 is 10.2 Å². The maximum Gasteiger partial charge on any atom is 0.264 e. The molecule has 0 aliphatic carbocycles. The zero-order valence-electron chi connectivity index (χ0n) is 22.9. The lowest BCUT2D eigenvalue weighted by Crippen LogP contribution is -2.53. The van der Waals surface area contributed by atoms with Crippen molar-refractivity contribution >= 4 is 50.7 Å². The lowest BCUT2D eigenvalue weighted by molar-refractivity contribution is -0.139. The summed E-state index contributed by atoms with van der Waals surface area (Å²) in [5.74, 6) is -0.786. The van der Waals surface area contributed by atoms with Crippen molar-refractivity contribution in [2.24, 2.45) is 0 Å². The van der Waals surface area contributed by atoms with Crippen LogP contribution in [0.4, 0.5) is 5.69 Å². The van der Waals surface area contributed by atoms with Gasteiger partial charge in [0.1, 0.15) is 12.6 Å². The minimum atomic E-state index is -4.20. The molecule has 3 rings (SSSR count). The van der Waals surface area contributed by atoms with Gasteiger partial charge in [0.2, 0.25) is 11.8 Å². The third-order valence-electron chi connectivity index (χ3n) is 6.44. The summed E-state index contributed by atoms with van der Waals surface area (Å²) >= 11 is 12.5. The largest absolute Gasteiger partial charge is 0.354 e. The molecule has 0 bridgehead atoms. The van der Waals surface area contributed by atoms with Gasteiger partial charge in [-0.1, -0.05) is 85.1 Å². The van der Waals surface area contributed by atoms with Crippen molar-refractivity contribution in [3.63, 3.8) is 0 Å². The number of amides is 2. The highest BCUT2D eigenvalue weighted by molar-refractivity contribution is 7.92. The third kappa shape index (κ3) is 8.22. The standard InChI is InChI=1S/C30H35Cl2N3O4S/c1-4-16-33-30(37)28(5-2)34(17-15-23-9-7-6-8-10-23)29(36)21-35(26-19-24(31)18-25(32)20-26)40(38,39)27-13-11-22(3)12-14-27/h6-14,18-20,28H,4-5,15-17,21H2,1-3H3,(H,33,37)/t28-/m0/s1. The van der Waals surface area contributed by atoms with E-state index in [1.165, 1.54) is 35.2 Å². The molecule has 1 atom stereocenters. The van der Waals surface area contributed by atoms with Crippen LogP contribution in [0, 0.1) is 6.92 Å². The molecule has 7 nitrogen and oxygen atoms in total. The fourth-order valence-electron chi connectivity index (χ4n) is 4.31. The molecule has 0 radical (unpaired) electrons. The van der Waals surface area contributed by atoms with E-state index in [0.29, 0.717) is 19.4 Å². The van der Waals surface area contributed by atoms with Crippen LogP contribution >= 0.6 is 23.2 Å². The summed E-state index contributed by atoms with van der Waals surface area (Å²) in [5.41, 5.74) is 2.04. The molecule has 0 spiro atoms. The lowest BCUT2D eigenvalue weighted by atomic mass is 10.1. The summed E-state index contributed by atoms with van der Waals surface area (Å²) in [5, 5.41) is 3.33. The van der Waals surface area contributed by atoms with Crippen LogP contribution in [-0.4, -0.2) is 50.8 Å². The van der Waals surface area contributed by atoms with E-state index in [2.05, 4.69) is 5.32 Å². The Labute approximate surface area is 247 Å². The van der Waals surface area contributed by atoms with Crippen LogP contribution in [0.3, 0.4) is 0 Å². The van der Waals surface area contributed by atoms with Crippen LogP contribution < -0.4 is 9.62 Å². The minimum Gasteiger partial charge on any atom is -0.354 e. The Hall–Kier alpha value is -3.07. The Morgan fingerprint density at radius 2 is 1.55 bits per heavy atom. The van der Waals surface area contributed by atoms with Gasteiger partial charge >= 0.3 is 0 Å². The SMILES string of the molecule is CCCNC(=O)[C@H](CC)N(CCc1ccccc1)C(=O)CN(c1cc(Cl)cc(Cl)c1)S(=O)(=O)c1ccc(C)cc1. The van der Waals surface area contributed by atoms with E-state index in [4.69, 9.17) is 23.2 Å². The number of hydrogen-bond acceptors (Lipinski definition) is 4. The quantitative estimate of drug-likeness (QED) is 0.264. The van der Waals surface area contributed by atoms with Gasteiger partial charge in [-0.05, 0) is 62.1 Å². The smallest absolute Gasteiger partial charge is 0.264 e. The molecule has 1 N–H and O–H groups in total.